The molecular weight excluding hydrogens is 318 g/mol. The van der Waals surface area contributed by atoms with Crippen molar-refractivity contribution in [1.82, 2.24) is 25.6 Å². The summed E-state index contributed by atoms with van der Waals surface area (Å²) in [4.78, 5) is 4.13. The Bertz CT molecular complexity index is 711. The number of nitrogens with one attached hydrogen (secondary N) is 1. The minimum absolute atomic E-state index is 1.13. The molecule has 1 N–H and O–H groups in total. The minimum Gasteiger partial charge on any atom is -0.247 e. The van der Waals surface area contributed by atoms with Crippen LogP contribution in [0.3, 0.4) is 0 Å². The number of benzene rings is 2. The lowest BCUT2D eigenvalue weighted by Crippen LogP contribution is -1.73. The molecule has 0 aliphatic carbocycles. The summed E-state index contributed by atoms with van der Waals surface area (Å²) in [6.07, 6.45) is 1.33. The van der Waals surface area contributed by atoms with Crippen LogP contribution in [0.25, 0.3) is 11.1 Å². The van der Waals surface area contributed by atoms with E-state index in [-0.39, 0.29) is 0 Å². The SMILES string of the molecule is Cc1csc(C)n1.c1ccc(-c2ccccc2)cc1.c1nn[nH]n1. The van der Waals surface area contributed by atoms with Crippen LogP contribution in [0, 0.1) is 13.8 Å². The van der Waals surface area contributed by atoms with Crippen molar-refractivity contribution in [3.8, 4) is 11.1 Å². The molecule has 0 aliphatic rings. The maximum Gasteiger partial charge on any atom is 0.161 e. The van der Waals surface area contributed by atoms with Crippen molar-refractivity contribution in [2.24, 2.45) is 0 Å². The van der Waals surface area contributed by atoms with Gasteiger partial charge in [-0.15, -0.1) is 21.5 Å². The third kappa shape index (κ3) is 6.50. The summed E-state index contributed by atoms with van der Waals surface area (Å²) in [7, 11) is 0. The Hall–Kier alpha value is -2.86. The van der Waals surface area contributed by atoms with Gasteiger partial charge in [0.05, 0.1) is 5.01 Å². The molecule has 0 spiro atoms. The van der Waals surface area contributed by atoms with Crippen molar-refractivity contribution < 1.29 is 0 Å². The number of hydrogen-bond donors (Lipinski definition) is 1. The highest BCUT2D eigenvalue weighted by atomic mass is 32.1. The Morgan fingerprint density at radius 3 is 1.67 bits per heavy atom. The molecule has 0 amide bonds. The van der Waals surface area contributed by atoms with E-state index in [1.165, 1.54) is 17.5 Å². The zero-order valence-corrected chi connectivity index (χ0v) is 14.4. The van der Waals surface area contributed by atoms with Gasteiger partial charge in [0.1, 0.15) is 0 Å². The normalized spacial score (nSPS) is 9.25. The number of aromatic amines is 1. The van der Waals surface area contributed by atoms with E-state index in [1.54, 1.807) is 11.3 Å². The summed E-state index contributed by atoms with van der Waals surface area (Å²) in [5.41, 5.74) is 3.68. The lowest BCUT2D eigenvalue weighted by atomic mass is 10.1. The first-order chi connectivity index (χ1) is 11.8. The molecule has 2 heterocycles. The van der Waals surface area contributed by atoms with Gasteiger partial charge in [-0.2, -0.15) is 5.21 Å². The van der Waals surface area contributed by atoms with Crippen LogP contribution >= 0.6 is 11.3 Å². The highest BCUT2D eigenvalue weighted by molar-refractivity contribution is 7.09. The number of rotatable bonds is 1. The lowest BCUT2D eigenvalue weighted by molar-refractivity contribution is 0.881. The zero-order valence-electron chi connectivity index (χ0n) is 13.6. The van der Waals surface area contributed by atoms with Gasteiger partial charge < -0.3 is 0 Å². The van der Waals surface area contributed by atoms with Crippen molar-refractivity contribution in [3.63, 3.8) is 0 Å². The Morgan fingerprint density at radius 1 is 0.833 bits per heavy atom. The predicted octanol–water partition coefficient (Wildman–Crippen LogP) is 4.31. The monoisotopic (exact) mass is 337 g/mol. The van der Waals surface area contributed by atoms with Gasteiger partial charge in [-0.3, -0.25) is 0 Å². The Morgan fingerprint density at radius 2 is 1.42 bits per heavy atom. The molecular formula is C18H19N5S. The van der Waals surface area contributed by atoms with Crippen LogP contribution in [0.15, 0.2) is 72.4 Å². The molecule has 5 nitrogen and oxygen atoms in total. The van der Waals surface area contributed by atoms with E-state index in [0.29, 0.717) is 0 Å². The van der Waals surface area contributed by atoms with Crippen LogP contribution in [0.5, 0.6) is 0 Å². The fourth-order valence-electron chi connectivity index (χ4n) is 1.86. The molecule has 0 fully saturated rings. The first kappa shape index (κ1) is 17.5. The minimum atomic E-state index is 1.13. The van der Waals surface area contributed by atoms with Crippen LogP contribution in [-0.4, -0.2) is 25.6 Å². The van der Waals surface area contributed by atoms with Crippen molar-refractivity contribution in [1.29, 1.82) is 0 Å². The third-order valence-corrected chi connectivity index (χ3v) is 3.78. The molecule has 0 saturated heterocycles. The molecule has 6 heteroatoms. The van der Waals surface area contributed by atoms with Crippen LogP contribution in [0.1, 0.15) is 10.7 Å². The van der Waals surface area contributed by atoms with Crippen LogP contribution < -0.4 is 0 Å². The summed E-state index contributed by atoms with van der Waals surface area (Å²) >= 11 is 1.69. The molecule has 2 aromatic carbocycles. The smallest absolute Gasteiger partial charge is 0.161 e. The number of tetrazole rings is 1. The van der Waals surface area contributed by atoms with Crippen LogP contribution in [0.4, 0.5) is 0 Å². The molecule has 4 aromatic rings. The highest BCUT2D eigenvalue weighted by Gasteiger charge is 1.91. The van der Waals surface area contributed by atoms with Gasteiger partial charge in [-0.05, 0) is 25.0 Å². The van der Waals surface area contributed by atoms with Crippen molar-refractivity contribution in [2.45, 2.75) is 13.8 Å². The van der Waals surface area contributed by atoms with Crippen LogP contribution in [-0.2, 0) is 0 Å². The number of aromatic nitrogens is 5. The van der Waals surface area contributed by atoms with E-state index >= 15 is 0 Å². The predicted molar refractivity (Wildman–Crippen MR) is 97.6 cm³/mol. The molecule has 0 radical (unpaired) electrons. The molecule has 2 aromatic heterocycles. The molecule has 24 heavy (non-hydrogen) atoms. The lowest BCUT2D eigenvalue weighted by Gasteiger charge is -1.98. The van der Waals surface area contributed by atoms with E-state index in [0.717, 1.165) is 10.7 Å². The average molecular weight is 337 g/mol. The Balaban J connectivity index is 0.000000147. The molecule has 4 rings (SSSR count). The molecule has 0 aliphatic heterocycles. The average Bonchev–Trinajstić information content (AvgIpc) is 3.32. The second-order valence-electron chi connectivity index (χ2n) is 4.80. The van der Waals surface area contributed by atoms with Crippen molar-refractivity contribution >= 4 is 11.3 Å². The second kappa shape index (κ2) is 10.0. The van der Waals surface area contributed by atoms with Gasteiger partial charge in [-0.1, -0.05) is 65.9 Å². The molecule has 122 valence electrons. The molecule has 0 unspecified atom stereocenters. The summed E-state index contributed by atoms with van der Waals surface area (Å²) < 4.78 is 0. The molecule has 0 bridgehead atoms. The largest absolute Gasteiger partial charge is 0.247 e. The van der Waals surface area contributed by atoms with E-state index in [9.17, 15) is 0 Å². The van der Waals surface area contributed by atoms with E-state index < -0.39 is 0 Å². The Labute approximate surface area is 145 Å². The number of hydrogen-bond acceptors (Lipinski definition) is 5. The fourth-order valence-corrected chi connectivity index (χ4v) is 2.45. The van der Waals surface area contributed by atoms with Gasteiger partial charge in [0.25, 0.3) is 0 Å². The maximum absolute atomic E-state index is 4.13. The zero-order chi connectivity index (χ0) is 17.0. The maximum atomic E-state index is 4.13. The number of nitrogens with zero attached hydrogens (tertiary/aromatic N) is 4. The summed E-state index contributed by atoms with van der Waals surface area (Å²) in [6.45, 7) is 4.02. The summed E-state index contributed by atoms with van der Waals surface area (Å²) in [5.74, 6) is 0. The molecule has 0 atom stereocenters. The van der Waals surface area contributed by atoms with E-state index in [2.05, 4.69) is 79.5 Å². The summed E-state index contributed by atoms with van der Waals surface area (Å²) in [5, 5.41) is 15.4. The van der Waals surface area contributed by atoms with E-state index in [4.69, 9.17) is 0 Å². The standard InChI is InChI=1S/C12H10.C5H7NS.CH2N4/c1-3-7-11(8-4-1)12-9-5-2-6-10-12;1-4-3-7-5(2)6-4;1-2-4-5-3-1/h1-10H;3H,1-2H3;1H,(H,2,3,4,5). The van der Waals surface area contributed by atoms with E-state index in [1.807, 2.05) is 26.0 Å². The molecule has 0 saturated carbocycles. The van der Waals surface area contributed by atoms with Crippen molar-refractivity contribution in [2.75, 3.05) is 0 Å². The number of thiazole rings is 1. The first-order valence-corrected chi connectivity index (χ1v) is 8.29. The third-order valence-electron chi connectivity index (χ3n) is 2.88. The second-order valence-corrected chi connectivity index (χ2v) is 5.86. The van der Waals surface area contributed by atoms with Gasteiger partial charge in [-0.25, -0.2) is 4.98 Å². The van der Waals surface area contributed by atoms with Gasteiger partial charge >= 0.3 is 0 Å². The fraction of sp³-hybridized carbons (Fsp3) is 0.111. The van der Waals surface area contributed by atoms with Crippen LogP contribution in [0.2, 0.25) is 0 Å². The number of aryl methyl sites for hydroxylation is 2. The van der Waals surface area contributed by atoms with Gasteiger partial charge in [0, 0.05) is 11.1 Å². The first-order valence-electron chi connectivity index (χ1n) is 7.41. The number of H-pyrrole nitrogens is 1. The van der Waals surface area contributed by atoms with Crippen molar-refractivity contribution in [3.05, 3.63) is 83.1 Å². The summed E-state index contributed by atoms with van der Waals surface area (Å²) in [6, 6.07) is 20.8. The van der Waals surface area contributed by atoms with Gasteiger partial charge in [0.2, 0.25) is 0 Å². The highest BCUT2D eigenvalue weighted by Crippen LogP contribution is 2.17. The van der Waals surface area contributed by atoms with Gasteiger partial charge in [0.15, 0.2) is 6.33 Å². The Kier molecular flexibility index (Phi) is 7.30. The quantitative estimate of drug-likeness (QED) is 0.562. The topological polar surface area (TPSA) is 67.3 Å².